The smallest absolute Gasteiger partial charge is 0.392 e. The highest BCUT2D eigenvalue weighted by Gasteiger charge is 2.35. The number of alkyl halides is 3. The topological polar surface area (TPSA) is 32.7 Å². The van der Waals surface area contributed by atoms with Gasteiger partial charge in [0.25, 0.3) is 0 Å². The van der Waals surface area contributed by atoms with E-state index in [4.69, 9.17) is 9.84 Å². The van der Waals surface area contributed by atoms with Gasteiger partial charge in [0.15, 0.2) is 0 Å². The largest absolute Gasteiger partial charge is 0.418 e. The van der Waals surface area contributed by atoms with E-state index >= 15 is 0 Å². The zero-order chi connectivity index (χ0) is 15.5. The van der Waals surface area contributed by atoms with E-state index in [1.165, 1.54) is 12.1 Å². The standard InChI is InChI=1S/C15H20F3NO2/c1-2-19(9-12-4-3-7-21-12)14-6-5-11(10-20)8-13(14)15(16,17)18/h5-6,8,12,20H,2-4,7,9-10H2,1H3. The average molecular weight is 303 g/mol. The molecule has 1 aromatic carbocycles. The summed E-state index contributed by atoms with van der Waals surface area (Å²) in [5, 5.41) is 9.04. The van der Waals surface area contributed by atoms with E-state index in [1.54, 1.807) is 4.90 Å². The van der Waals surface area contributed by atoms with Gasteiger partial charge in [0.05, 0.1) is 18.3 Å². The van der Waals surface area contributed by atoms with Crippen molar-refractivity contribution in [1.82, 2.24) is 0 Å². The molecule has 1 fully saturated rings. The summed E-state index contributed by atoms with van der Waals surface area (Å²) >= 11 is 0. The Balaban J connectivity index is 2.30. The fourth-order valence-corrected chi connectivity index (χ4v) is 2.62. The SMILES string of the molecule is CCN(CC1CCCO1)c1ccc(CO)cc1C(F)(F)F. The average Bonchev–Trinajstić information content (AvgIpc) is 2.96. The Kier molecular flexibility index (Phi) is 5.11. The van der Waals surface area contributed by atoms with Crippen molar-refractivity contribution >= 4 is 5.69 Å². The second-order valence-electron chi connectivity index (χ2n) is 5.18. The van der Waals surface area contributed by atoms with Crippen LogP contribution in [0.25, 0.3) is 0 Å². The van der Waals surface area contributed by atoms with Crippen molar-refractivity contribution < 1.29 is 23.0 Å². The number of halogens is 3. The van der Waals surface area contributed by atoms with Crippen LogP contribution in [0.3, 0.4) is 0 Å². The van der Waals surface area contributed by atoms with Crippen LogP contribution in [0.5, 0.6) is 0 Å². The fourth-order valence-electron chi connectivity index (χ4n) is 2.62. The quantitative estimate of drug-likeness (QED) is 0.906. The molecule has 1 N–H and O–H groups in total. The first kappa shape index (κ1) is 16.1. The molecular formula is C15H20F3NO2. The zero-order valence-corrected chi connectivity index (χ0v) is 12.0. The lowest BCUT2D eigenvalue weighted by atomic mass is 10.1. The molecule has 1 unspecified atom stereocenters. The van der Waals surface area contributed by atoms with Gasteiger partial charge >= 0.3 is 6.18 Å². The third-order valence-corrected chi connectivity index (χ3v) is 3.72. The van der Waals surface area contributed by atoms with Crippen LogP contribution in [0, 0.1) is 0 Å². The maximum Gasteiger partial charge on any atom is 0.418 e. The molecule has 1 saturated heterocycles. The molecule has 0 bridgehead atoms. The summed E-state index contributed by atoms with van der Waals surface area (Å²) in [4.78, 5) is 1.69. The number of benzene rings is 1. The molecule has 21 heavy (non-hydrogen) atoms. The van der Waals surface area contributed by atoms with Gasteiger partial charge in [-0.25, -0.2) is 0 Å². The summed E-state index contributed by atoms with van der Waals surface area (Å²) in [6, 6.07) is 3.99. The van der Waals surface area contributed by atoms with Gasteiger partial charge in [0.1, 0.15) is 0 Å². The Morgan fingerprint density at radius 1 is 1.38 bits per heavy atom. The van der Waals surface area contributed by atoms with Gasteiger partial charge in [-0.1, -0.05) is 6.07 Å². The second kappa shape index (κ2) is 6.66. The summed E-state index contributed by atoms with van der Waals surface area (Å²) in [6.45, 7) is 3.04. The maximum atomic E-state index is 13.2. The fraction of sp³-hybridized carbons (Fsp3) is 0.600. The van der Waals surface area contributed by atoms with Gasteiger partial charge in [0, 0.05) is 25.4 Å². The first-order valence-corrected chi connectivity index (χ1v) is 7.13. The predicted molar refractivity (Wildman–Crippen MR) is 74.2 cm³/mol. The number of aliphatic hydroxyl groups is 1. The highest BCUT2D eigenvalue weighted by Crippen LogP contribution is 2.37. The molecule has 1 aliphatic heterocycles. The lowest BCUT2D eigenvalue weighted by molar-refractivity contribution is -0.137. The van der Waals surface area contributed by atoms with E-state index in [0.29, 0.717) is 19.7 Å². The number of nitrogens with zero attached hydrogens (tertiary/aromatic N) is 1. The van der Waals surface area contributed by atoms with Crippen LogP contribution in [-0.2, 0) is 17.5 Å². The Labute approximate surface area is 122 Å². The van der Waals surface area contributed by atoms with Crippen molar-refractivity contribution in [3.8, 4) is 0 Å². The van der Waals surface area contributed by atoms with E-state index in [2.05, 4.69) is 0 Å². The molecule has 0 amide bonds. The van der Waals surface area contributed by atoms with E-state index in [-0.39, 0.29) is 17.4 Å². The minimum Gasteiger partial charge on any atom is -0.392 e. The van der Waals surface area contributed by atoms with Crippen LogP contribution in [0.2, 0.25) is 0 Å². The molecule has 118 valence electrons. The van der Waals surface area contributed by atoms with Crippen molar-refractivity contribution in [2.75, 3.05) is 24.6 Å². The molecule has 0 saturated carbocycles. The van der Waals surface area contributed by atoms with Gasteiger partial charge in [0.2, 0.25) is 0 Å². The van der Waals surface area contributed by atoms with Crippen molar-refractivity contribution in [2.45, 2.75) is 38.7 Å². The molecule has 2 rings (SSSR count). The number of rotatable bonds is 5. The lowest BCUT2D eigenvalue weighted by Gasteiger charge is -2.29. The van der Waals surface area contributed by atoms with Crippen LogP contribution in [0.15, 0.2) is 18.2 Å². The Morgan fingerprint density at radius 3 is 2.67 bits per heavy atom. The van der Waals surface area contributed by atoms with Crippen LogP contribution in [0.1, 0.15) is 30.9 Å². The molecule has 0 aromatic heterocycles. The summed E-state index contributed by atoms with van der Waals surface area (Å²) in [5.74, 6) is 0. The van der Waals surface area contributed by atoms with Crippen molar-refractivity contribution in [3.63, 3.8) is 0 Å². The number of hydrogen-bond donors (Lipinski definition) is 1. The van der Waals surface area contributed by atoms with Crippen LogP contribution < -0.4 is 4.90 Å². The van der Waals surface area contributed by atoms with E-state index in [9.17, 15) is 13.2 Å². The van der Waals surface area contributed by atoms with Crippen molar-refractivity contribution in [1.29, 1.82) is 0 Å². The van der Waals surface area contributed by atoms with Gasteiger partial charge in [-0.15, -0.1) is 0 Å². The summed E-state index contributed by atoms with van der Waals surface area (Å²) in [5.41, 5.74) is -0.286. The first-order chi connectivity index (χ1) is 9.95. The van der Waals surface area contributed by atoms with E-state index in [1.807, 2.05) is 6.92 Å². The normalized spacial score (nSPS) is 19.0. The summed E-state index contributed by atoms with van der Waals surface area (Å²) < 4.78 is 45.2. The first-order valence-electron chi connectivity index (χ1n) is 7.13. The van der Waals surface area contributed by atoms with E-state index in [0.717, 1.165) is 18.9 Å². The summed E-state index contributed by atoms with van der Waals surface area (Å²) in [7, 11) is 0. The predicted octanol–water partition coefficient (Wildman–Crippen LogP) is 3.20. The highest BCUT2D eigenvalue weighted by molar-refractivity contribution is 5.56. The highest BCUT2D eigenvalue weighted by atomic mass is 19.4. The molecule has 1 heterocycles. The third kappa shape index (κ3) is 3.89. The summed E-state index contributed by atoms with van der Waals surface area (Å²) in [6.07, 6.45) is -2.61. The number of likely N-dealkylation sites (N-methyl/N-ethyl adjacent to an activating group) is 1. The Hall–Kier alpha value is -1.27. The number of ether oxygens (including phenoxy) is 1. The lowest BCUT2D eigenvalue weighted by Crippen LogP contribution is -2.33. The molecule has 6 heteroatoms. The van der Waals surface area contributed by atoms with Gasteiger partial charge in [-0.2, -0.15) is 13.2 Å². The van der Waals surface area contributed by atoms with Gasteiger partial charge in [-0.3, -0.25) is 0 Å². The third-order valence-electron chi connectivity index (χ3n) is 3.72. The molecule has 3 nitrogen and oxygen atoms in total. The molecule has 0 aliphatic carbocycles. The van der Waals surface area contributed by atoms with Crippen LogP contribution >= 0.6 is 0 Å². The molecule has 0 spiro atoms. The zero-order valence-electron chi connectivity index (χ0n) is 12.0. The minimum absolute atomic E-state index is 0.0106. The monoisotopic (exact) mass is 303 g/mol. The van der Waals surface area contributed by atoms with Gasteiger partial charge < -0.3 is 14.7 Å². The number of hydrogen-bond acceptors (Lipinski definition) is 3. The molecule has 1 aliphatic rings. The second-order valence-corrected chi connectivity index (χ2v) is 5.18. The Bertz CT molecular complexity index is 470. The molecule has 1 aromatic rings. The minimum atomic E-state index is -4.44. The number of anilines is 1. The van der Waals surface area contributed by atoms with Gasteiger partial charge in [-0.05, 0) is 37.5 Å². The van der Waals surface area contributed by atoms with Crippen molar-refractivity contribution in [2.24, 2.45) is 0 Å². The Morgan fingerprint density at radius 2 is 2.14 bits per heavy atom. The maximum absolute atomic E-state index is 13.2. The van der Waals surface area contributed by atoms with E-state index < -0.39 is 18.3 Å². The number of aliphatic hydroxyl groups excluding tert-OH is 1. The molecular weight excluding hydrogens is 283 g/mol. The molecule has 0 radical (unpaired) electrons. The molecule has 1 atom stereocenters. The van der Waals surface area contributed by atoms with Crippen LogP contribution in [0.4, 0.5) is 18.9 Å². The van der Waals surface area contributed by atoms with Crippen molar-refractivity contribution in [3.05, 3.63) is 29.3 Å². The van der Waals surface area contributed by atoms with Crippen LogP contribution in [-0.4, -0.2) is 30.9 Å².